The molecule has 4 nitrogen and oxygen atoms in total. The number of rotatable bonds is 6. The average molecular weight is 449 g/mol. The molecule has 0 amide bonds. The summed E-state index contributed by atoms with van der Waals surface area (Å²) in [6.45, 7) is 7.72. The molecule has 0 unspecified atom stereocenters. The lowest BCUT2D eigenvalue weighted by Gasteiger charge is -2.27. The van der Waals surface area contributed by atoms with Crippen LogP contribution in [-0.2, 0) is 6.54 Å². The molecule has 2 rings (SSSR count). The first-order valence-electron chi connectivity index (χ1n) is 8.00. The van der Waals surface area contributed by atoms with E-state index in [1.807, 2.05) is 30.0 Å². The van der Waals surface area contributed by atoms with Gasteiger partial charge in [-0.3, -0.25) is 0 Å². The third-order valence-electron chi connectivity index (χ3n) is 3.67. The summed E-state index contributed by atoms with van der Waals surface area (Å²) in [7, 11) is 0. The van der Waals surface area contributed by atoms with Crippen LogP contribution in [0.3, 0.4) is 0 Å². The standard InChI is InChI=1S/C17H27N3OS.HI/c1-14(2)7-10-21-16-6-4-3-5-15(16)13-19-17(18)20-8-11-22-12-9-20;/h3-6,14H,7-13H2,1-2H3,(H2,18,19);1H. The Kier molecular flexibility index (Phi) is 9.78. The fraction of sp³-hybridized carbons (Fsp3) is 0.588. The fourth-order valence-electron chi connectivity index (χ4n) is 2.24. The second-order valence-corrected chi connectivity index (χ2v) is 7.14. The van der Waals surface area contributed by atoms with E-state index in [2.05, 4.69) is 29.8 Å². The molecule has 0 saturated carbocycles. The first-order chi connectivity index (χ1) is 10.7. The second-order valence-electron chi connectivity index (χ2n) is 5.91. The van der Waals surface area contributed by atoms with Gasteiger partial charge in [-0.25, -0.2) is 4.99 Å². The molecule has 1 aromatic carbocycles. The van der Waals surface area contributed by atoms with E-state index >= 15 is 0 Å². The third kappa shape index (κ3) is 7.20. The fourth-order valence-corrected chi connectivity index (χ4v) is 3.14. The molecule has 1 saturated heterocycles. The van der Waals surface area contributed by atoms with Gasteiger partial charge in [0.05, 0.1) is 13.2 Å². The summed E-state index contributed by atoms with van der Waals surface area (Å²) < 4.78 is 5.90. The third-order valence-corrected chi connectivity index (χ3v) is 4.61. The van der Waals surface area contributed by atoms with Crippen molar-refractivity contribution in [1.29, 1.82) is 0 Å². The van der Waals surface area contributed by atoms with Gasteiger partial charge >= 0.3 is 0 Å². The van der Waals surface area contributed by atoms with Crippen molar-refractivity contribution in [1.82, 2.24) is 4.90 Å². The molecule has 23 heavy (non-hydrogen) atoms. The summed E-state index contributed by atoms with van der Waals surface area (Å²) in [5, 5.41) is 0. The maximum Gasteiger partial charge on any atom is 0.191 e. The van der Waals surface area contributed by atoms with E-state index < -0.39 is 0 Å². The van der Waals surface area contributed by atoms with Gasteiger partial charge in [0.1, 0.15) is 5.75 Å². The highest BCUT2D eigenvalue weighted by Gasteiger charge is 2.12. The topological polar surface area (TPSA) is 50.9 Å². The average Bonchev–Trinajstić information content (AvgIpc) is 2.54. The summed E-state index contributed by atoms with van der Waals surface area (Å²) in [6, 6.07) is 8.10. The lowest BCUT2D eigenvalue weighted by molar-refractivity contribution is 0.287. The van der Waals surface area contributed by atoms with Crippen LogP contribution in [0.25, 0.3) is 0 Å². The molecule has 130 valence electrons. The van der Waals surface area contributed by atoms with Crippen LogP contribution < -0.4 is 10.5 Å². The van der Waals surface area contributed by atoms with Crippen molar-refractivity contribution in [2.45, 2.75) is 26.8 Å². The van der Waals surface area contributed by atoms with Crippen molar-refractivity contribution < 1.29 is 4.74 Å². The van der Waals surface area contributed by atoms with Gasteiger partial charge in [-0.15, -0.1) is 24.0 Å². The highest BCUT2D eigenvalue weighted by Crippen LogP contribution is 2.20. The van der Waals surface area contributed by atoms with Crippen LogP contribution >= 0.6 is 35.7 Å². The van der Waals surface area contributed by atoms with E-state index in [4.69, 9.17) is 10.5 Å². The van der Waals surface area contributed by atoms with Gasteiger partial charge in [0.15, 0.2) is 5.96 Å². The zero-order valence-corrected chi connectivity index (χ0v) is 17.2. The normalized spacial score (nSPS) is 15.4. The second kappa shape index (κ2) is 11.0. The molecule has 1 fully saturated rings. The van der Waals surface area contributed by atoms with Crippen molar-refractivity contribution in [2.75, 3.05) is 31.2 Å². The Balaban J connectivity index is 0.00000264. The lowest BCUT2D eigenvalue weighted by atomic mass is 10.1. The number of para-hydroxylation sites is 1. The van der Waals surface area contributed by atoms with Crippen LogP contribution in [0.15, 0.2) is 29.3 Å². The van der Waals surface area contributed by atoms with E-state index in [0.29, 0.717) is 18.4 Å². The number of halogens is 1. The van der Waals surface area contributed by atoms with Crippen molar-refractivity contribution in [2.24, 2.45) is 16.6 Å². The van der Waals surface area contributed by atoms with E-state index in [0.717, 1.165) is 48.9 Å². The zero-order chi connectivity index (χ0) is 15.8. The molecule has 0 bridgehead atoms. The van der Waals surface area contributed by atoms with Gasteiger partial charge in [0.25, 0.3) is 0 Å². The lowest BCUT2D eigenvalue weighted by Crippen LogP contribution is -2.42. The minimum absolute atomic E-state index is 0. The molecule has 1 aromatic rings. The number of hydrogen-bond donors (Lipinski definition) is 1. The molecular formula is C17H28IN3OS. The van der Waals surface area contributed by atoms with Crippen molar-refractivity contribution in [3.05, 3.63) is 29.8 Å². The van der Waals surface area contributed by atoms with Gasteiger partial charge in [-0.2, -0.15) is 11.8 Å². The highest BCUT2D eigenvalue weighted by atomic mass is 127. The van der Waals surface area contributed by atoms with Crippen LogP contribution in [-0.4, -0.2) is 42.1 Å². The monoisotopic (exact) mass is 449 g/mol. The van der Waals surface area contributed by atoms with Crippen molar-refractivity contribution in [3.63, 3.8) is 0 Å². The van der Waals surface area contributed by atoms with Crippen LogP contribution in [0.2, 0.25) is 0 Å². The number of hydrogen-bond acceptors (Lipinski definition) is 3. The molecule has 0 radical (unpaired) electrons. The van der Waals surface area contributed by atoms with Gasteiger partial charge in [-0.05, 0) is 18.4 Å². The molecular weight excluding hydrogens is 421 g/mol. The Morgan fingerprint density at radius 3 is 2.70 bits per heavy atom. The molecule has 2 N–H and O–H groups in total. The Bertz CT molecular complexity index is 490. The minimum Gasteiger partial charge on any atom is -0.493 e. The molecule has 6 heteroatoms. The Labute approximate surface area is 161 Å². The van der Waals surface area contributed by atoms with E-state index in [1.165, 1.54) is 0 Å². The Morgan fingerprint density at radius 2 is 2.00 bits per heavy atom. The van der Waals surface area contributed by atoms with Crippen LogP contribution in [0.1, 0.15) is 25.8 Å². The number of thioether (sulfide) groups is 1. The molecule has 0 atom stereocenters. The molecule has 0 aromatic heterocycles. The predicted octanol–water partition coefficient (Wildman–Crippen LogP) is 3.59. The summed E-state index contributed by atoms with van der Waals surface area (Å²) in [5.41, 5.74) is 7.21. The maximum absolute atomic E-state index is 6.11. The number of guanidine groups is 1. The first-order valence-corrected chi connectivity index (χ1v) is 9.15. The van der Waals surface area contributed by atoms with Crippen LogP contribution in [0.4, 0.5) is 0 Å². The molecule has 0 aliphatic carbocycles. The molecule has 1 heterocycles. The van der Waals surface area contributed by atoms with Gasteiger partial charge < -0.3 is 15.4 Å². The van der Waals surface area contributed by atoms with Gasteiger partial charge in [0.2, 0.25) is 0 Å². The molecule has 0 spiro atoms. The van der Waals surface area contributed by atoms with Crippen molar-refractivity contribution in [3.8, 4) is 5.75 Å². The number of nitrogens with zero attached hydrogens (tertiary/aromatic N) is 2. The summed E-state index contributed by atoms with van der Waals surface area (Å²) in [4.78, 5) is 6.72. The molecule has 1 aliphatic rings. The van der Waals surface area contributed by atoms with Crippen molar-refractivity contribution >= 4 is 41.7 Å². The summed E-state index contributed by atoms with van der Waals surface area (Å²) in [5.74, 6) is 4.49. The number of nitrogens with two attached hydrogens (primary N) is 1. The number of benzene rings is 1. The molecule has 1 aliphatic heterocycles. The highest BCUT2D eigenvalue weighted by molar-refractivity contribution is 14.0. The summed E-state index contributed by atoms with van der Waals surface area (Å²) >= 11 is 1.97. The minimum atomic E-state index is 0. The Morgan fingerprint density at radius 1 is 1.30 bits per heavy atom. The van der Waals surface area contributed by atoms with Gasteiger partial charge in [0, 0.05) is 30.2 Å². The quantitative estimate of drug-likeness (QED) is 0.410. The largest absolute Gasteiger partial charge is 0.493 e. The van der Waals surface area contributed by atoms with E-state index in [-0.39, 0.29) is 24.0 Å². The predicted molar refractivity (Wildman–Crippen MR) is 111 cm³/mol. The number of ether oxygens (including phenoxy) is 1. The van der Waals surface area contributed by atoms with E-state index in [1.54, 1.807) is 0 Å². The van der Waals surface area contributed by atoms with Crippen LogP contribution in [0, 0.1) is 5.92 Å². The SMILES string of the molecule is CC(C)CCOc1ccccc1CN=C(N)N1CCSCC1.I. The zero-order valence-electron chi connectivity index (χ0n) is 14.0. The van der Waals surface area contributed by atoms with E-state index in [9.17, 15) is 0 Å². The van der Waals surface area contributed by atoms with Gasteiger partial charge in [-0.1, -0.05) is 32.0 Å². The smallest absolute Gasteiger partial charge is 0.191 e. The summed E-state index contributed by atoms with van der Waals surface area (Å²) in [6.07, 6.45) is 1.06. The maximum atomic E-state index is 6.11. The first kappa shape index (κ1) is 20.4. The van der Waals surface area contributed by atoms with Crippen LogP contribution in [0.5, 0.6) is 5.75 Å². The Hall–Kier alpha value is -0.630. The number of aliphatic imine (C=N–C) groups is 1.